The number of nitrogens with zero attached hydrogens (tertiary/aromatic N) is 1. The van der Waals surface area contributed by atoms with Crippen LogP contribution in [0.2, 0.25) is 0 Å². The highest BCUT2D eigenvalue weighted by Crippen LogP contribution is 2.35. The van der Waals surface area contributed by atoms with Gasteiger partial charge < -0.3 is 9.64 Å². The zero-order chi connectivity index (χ0) is 16.4. The van der Waals surface area contributed by atoms with Crippen molar-refractivity contribution in [1.82, 2.24) is 0 Å². The Kier molecular flexibility index (Phi) is 5.42. The van der Waals surface area contributed by atoms with Gasteiger partial charge in [0.15, 0.2) is 0 Å². The quantitative estimate of drug-likeness (QED) is 0.715. The monoisotopic (exact) mass is 379 g/mol. The van der Waals surface area contributed by atoms with Gasteiger partial charge in [-0.2, -0.15) is 0 Å². The van der Waals surface area contributed by atoms with Gasteiger partial charge in [0.1, 0.15) is 6.10 Å². The lowest BCUT2D eigenvalue weighted by atomic mass is 10.0. The second-order valence-corrected chi connectivity index (χ2v) is 8.11. The third kappa shape index (κ3) is 3.63. The van der Waals surface area contributed by atoms with Crippen LogP contribution in [0.5, 0.6) is 0 Å². The lowest BCUT2D eigenvalue weighted by molar-refractivity contribution is -0.127. The van der Waals surface area contributed by atoms with Crippen LogP contribution in [0.1, 0.15) is 50.7 Å². The molecule has 2 heterocycles. The van der Waals surface area contributed by atoms with Gasteiger partial charge in [0.05, 0.1) is 0 Å². The average molecular weight is 380 g/mol. The molecule has 1 fully saturated rings. The first-order chi connectivity index (χ1) is 11.1. The molecule has 1 aromatic rings. The molecule has 3 atom stereocenters. The molecule has 3 nitrogen and oxygen atoms in total. The molecule has 126 valence electrons. The van der Waals surface area contributed by atoms with Crippen molar-refractivity contribution in [2.24, 2.45) is 0 Å². The summed E-state index contributed by atoms with van der Waals surface area (Å²) in [5.41, 5.74) is 3.75. The van der Waals surface area contributed by atoms with Crippen molar-refractivity contribution >= 4 is 27.5 Å². The molecule has 1 saturated heterocycles. The van der Waals surface area contributed by atoms with Crippen molar-refractivity contribution in [3.8, 4) is 0 Å². The van der Waals surface area contributed by atoms with Crippen LogP contribution in [0.15, 0.2) is 18.2 Å². The number of anilines is 1. The Morgan fingerprint density at radius 3 is 3.00 bits per heavy atom. The van der Waals surface area contributed by atoms with Gasteiger partial charge in [0.25, 0.3) is 5.91 Å². The Balaban J connectivity index is 1.76. The Labute approximate surface area is 147 Å². The molecule has 0 saturated carbocycles. The van der Waals surface area contributed by atoms with Crippen molar-refractivity contribution in [3.63, 3.8) is 0 Å². The number of fused-ring (bicyclic) bond motifs is 1. The molecule has 0 spiro atoms. The second kappa shape index (κ2) is 7.35. The molecule has 23 heavy (non-hydrogen) atoms. The molecule has 2 aliphatic rings. The van der Waals surface area contributed by atoms with Crippen LogP contribution in [0.25, 0.3) is 0 Å². The fraction of sp³-hybridized carbons (Fsp3) is 0.632. The van der Waals surface area contributed by atoms with Crippen molar-refractivity contribution in [3.05, 3.63) is 29.3 Å². The largest absolute Gasteiger partial charge is 0.368 e. The third-order valence-electron chi connectivity index (χ3n) is 4.86. The number of alkyl halides is 1. The summed E-state index contributed by atoms with van der Waals surface area (Å²) in [6.45, 7) is 5.07. The minimum absolute atomic E-state index is 0.144. The van der Waals surface area contributed by atoms with E-state index < -0.39 is 0 Å². The highest BCUT2D eigenvalue weighted by Gasteiger charge is 2.36. The zero-order valence-electron chi connectivity index (χ0n) is 14.1. The first kappa shape index (κ1) is 17.0. The van der Waals surface area contributed by atoms with E-state index in [-0.39, 0.29) is 18.1 Å². The average Bonchev–Trinajstić information content (AvgIpc) is 3.13. The Hall–Kier alpha value is -0.870. The van der Waals surface area contributed by atoms with Gasteiger partial charge in [-0.3, -0.25) is 4.79 Å². The number of hydrogen-bond donors (Lipinski definition) is 0. The number of carbonyl (C=O) groups excluding carboxylic acids is 1. The van der Waals surface area contributed by atoms with Crippen molar-refractivity contribution in [2.45, 2.75) is 69.3 Å². The molecular formula is C19H26BrNO2. The van der Waals surface area contributed by atoms with E-state index in [0.29, 0.717) is 11.4 Å². The van der Waals surface area contributed by atoms with Gasteiger partial charge in [-0.1, -0.05) is 41.4 Å². The number of ether oxygens (including phenoxy) is 1. The molecule has 3 rings (SSSR count). The van der Waals surface area contributed by atoms with E-state index in [4.69, 9.17) is 4.74 Å². The van der Waals surface area contributed by atoms with Crippen LogP contribution in [-0.2, 0) is 22.4 Å². The maximum Gasteiger partial charge on any atom is 0.256 e. The molecule has 0 aromatic heterocycles. The van der Waals surface area contributed by atoms with Crippen molar-refractivity contribution in [1.29, 1.82) is 0 Å². The highest BCUT2D eigenvalue weighted by molar-refractivity contribution is 9.09. The van der Waals surface area contributed by atoms with Crippen molar-refractivity contribution < 1.29 is 9.53 Å². The van der Waals surface area contributed by atoms with Crippen LogP contribution >= 0.6 is 15.9 Å². The van der Waals surface area contributed by atoms with Crippen LogP contribution in [0.4, 0.5) is 5.69 Å². The van der Waals surface area contributed by atoms with Gasteiger partial charge in [-0.05, 0) is 56.2 Å². The predicted octanol–water partition coefficient (Wildman–Crippen LogP) is 4.25. The summed E-state index contributed by atoms with van der Waals surface area (Å²) in [5, 5.41) is 0. The molecule has 0 bridgehead atoms. The van der Waals surface area contributed by atoms with Gasteiger partial charge in [0.2, 0.25) is 0 Å². The molecule has 4 heteroatoms. The summed E-state index contributed by atoms with van der Waals surface area (Å²) in [7, 11) is 0. The summed E-state index contributed by atoms with van der Waals surface area (Å²) in [5.74, 6) is 0.144. The summed E-state index contributed by atoms with van der Waals surface area (Å²) in [6.07, 6.45) is 6.00. The maximum atomic E-state index is 12.8. The molecule has 1 amide bonds. The standard InChI is InChI=1S/C19H26BrNO2/c1-3-5-16(20)12-14-7-8-17-15(11-14)10-13(2)21(17)19(22)18-6-4-9-23-18/h7-8,11,13,16,18H,3-6,9-10,12H2,1-2H3. The topological polar surface area (TPSA) is 29.5 Å². The summed E-state index contributed by atoms with van der Waals surface area (Å²) in [6, 6.07) is 6.83. The van der Waals surface area contributed by atoms with Crippen LogP contribution in [-0.4, -0.2) is 29.5 Å². The van der Waals surface area contributed by atoms with Gasteiger partial charge in [-0.25, -0.2) is 0 Å². The smallest absolute Gasteiger partial charge is 0.256 e. The zero-order valence-corrected chi connectivity index (χ0v) is 15.6. The first-order valence-corrected chi connectivity index (χ1v) is 9.72. The highest BCUT2D eigenvalue weighted by atomic mass is 79.9. The SMILES string of the molecule is CCCC(Br)Cc1ccc2c(c1)CC(C)N2C(=O)C1CCCO1. The van der Waals surface area contributed by atoms with E-state index in [1.165, 1.54) is 24.0 Å². The summed E-state index contributed by atoms with van der Waals surface area (Å²) >= 11 is 3.77. The number of amides is 1. The molecule has 0 radical (unpaired) electrons. The van der Waals surface area contributed by atoms with Crippen LogP contribution < -0.4 is 4.90 Å². The van der Waals surface area contributed by atoms with Gasteiger partial charge in [-0.15, -0.1) is 0 Å². The van der Waals surface area contributed by atoms with Gasteiger partial charge >= 0.3 is 0 Å². The lowest BCUT2D eigenvalue weighted by Crippen LogP contribution is -2.42. The third-order valence-corrected chi connectivity index (χ3v) is 5.64. The second-order valence-electron chi connectivity index (χ2n) is 6.82. The predicted molar refractivity (Wildman–Crippen MR) is 97.4 cm³/mol. The maximum absolute atomic E-state index is 12.8. The number of rotatable bonds is 5. The summed E-state index contributed by atoms with van der Waals surface area (Å²) in [4.78, 5) is 15.3. The Bertz CT molecular complexity index is 568. The molecule has 2 aliphatic heterocycles. The van der Waals surface area contributed by atoms with E-state index in [1.54, 1.807) is 0 Å². The van der Waals surface area contributed by atoms with E-state index in [9.17, 15) is 4.79 Å². The molecular weight excluding hydrogens is 354 g/mol. The van der Waals surface area contributed by atoms with E-state index in [0.717, 1.165) is 31.4 Å². The van der Waals surface area contributed by atoms with Crippen LogP contribution in [0, 0.1) is 0 Å². The number of halogens is 1. The number of hydrogen-bond acceptors (Lipinski definition) is 2. The van der Waals surface area contributed by atoms with Crippen LogP contribution in [0.3, 0.4) is 0 Å². The van der Waals surface area contributed by atoms with Crippen molar-refractivity contribution in [2.75, 3.05) is 11.5 Å². The minimum Gasteiger partial charge on any atom is -0.368 e. The fourth-order valence-corrected chi connectivity index (χ4v) is 4.58. The van der Waals surface area contributed by atoms with E-state index >= 15 is 0 Å². The molecule has 0 N–H and O–H groups in total. The number of benzene rings is 1. The Morgan fingerprint density at radius 1 is 1.48 bits per heavy atom. The fourth-order valence-electron chi connectivity index (χ4n) is 3.75. The Morgan fingerprint density at radius 2 is 2.30 bits per heavy atom. The first-order valence-electron chi connectivity index (χ1n) is 8.80. The minimum atomic E-state index is -0.237. The van der Waals surface area contributed by atoms with E-state index in [1.807, 2.05) is 4.90 Å². The van der Waals surface area contributed by atoms with E-state index in [2.05, 4.69) is 48.0 Å². The summed E-state index contributed by atoms with van der Waals surface area (Å²) < 4.78 is 5.60. The molecule has 0 aliphatic carbocycles. The lowest BCUT2D eigenvalue weighted by Gasteiger charge is -2.25. The van der Waals surface area contributed by atoms with Gasteiger partial charge in [0, 0.05) is 23.2 Å². The molecule has 1 aromatic carbocycles. The normalized spacial score (nSPS) is 24.7. The number of carbonyl (C=O) groups is 1. The molecule has 3 unspecified atom stereocenters.